The van der Waals surface area contributed by atoms with Crippen molar-refractivity contribution in [1.82, 2.24) is 4.98 Å². The molecule has 0 fully saturated rings. The van der Waals surface area contributed by atoms with Crippen LogP contribution >= 0.6 is 24.8 Å². The molecule has 0 aliphatic rings. The van der Waals surface area contributed by atoms with Crippen LogP contribution < -0.4 is 15.8 Å². The van der Waals surface area contributed by atoms with E-state index in [1.165, 1.54) is 0 Å². The highest BCUT2D eigenvalue weighted by Crippen LogP contribution is 2.30. The second-order valence-corrected chi connectivity index (χ2v) is 5.92. The predicted octanol–water partition coefficient (Wildman–Crippen LogP) is 4.73. The van der Waals surface area contributed by atoms with Crippen molar-refractivity contribution in [3.05, 3.63) is 48.3 Å². The first-order valence-electron chi connectivity index (χ1n) is 8.24. The molecule has 3 N–H and O–H groups in total. The fraction of sp³-hybridized carbons (Fsp3) is 0.368. The van der Waals surface area contributed by atoms with Crippen LogP contribution in [0.3, 0.4) is 0 Å². The summed E-state index contributed by atoms with van der Waals surface area (Å²) in [6.07, 6.45) is 4.79. The number of halogens is 2. The van der Waals surface area contributed by atoms with Crippen LogP contribution in [0.4, 0.5) is 5.69 Å². The van der Waals surface area contributed by atoms with E-state index in [0.717, 1.165) is 17.0 Å². The van der Waals surface area contributed by atoms with Gasteiger partial charge in [0.25, 0.3) is 0 Å². The monoisotopic (exact) mass is 399 g/mol. The van der Waals surface area contributed by atoms with Gasteiger partial charge in [0.2, 0.25) is 5.91 Å². The van der Waals surface area contributed by atoms with E-state index in [1.807, 2.05) is 51.1 Å². The Bertz CT molecular complexity index is 684. The maximum Gasteiger partial charge on any atom is 0.231 e. The second kappa shape index (κ2) is 11.0. The molecule has 0 aliphatic carbocycles. The van der Waals surface area contributed by atoms with E-state index < -0.39 is 5.41 Å². The first-order chi connectivity index (χ1) is 11.5. The van der Waals surface area contributed by atoms with Crippen LogP contribution in [0.5, 0.6) is 11.5 Å². The van der Waals surface area contributed by atoms with Crippen LogP contribution in [-0.4, -0.2) is 17.4 Å². The van der Waals surface area contributed by atoms with E-state index in [0.29, 0.717) is 25.1 Å². The molecule has 0 radical (unpaired) electrons. The van der Waals surface area contributed by atoms with Gasteiger partial charge in [0.15, 0.2) is 0 Å². The summed E-state index contributed by atoms with van der Waals surface area (Å²) >= 11 is 0. The van der Waals surface area contributed by atoms with E-state index in [4.69, 9.17) is 10.5 Å². The van der Waals surface area contributed by atoms with Crippen molar-refractivity contribution in [3.63, 3.8) is 0 Å². The molecule has 0 saturated carbocycles. The zero-order valence-corrected chi connectivity index (χ0v) is 17.0. The summed E-state index contributed by atoms with van der Waals surface area (Å²) < 4.78 is 5.80. The van der Waals surface area contributed by atoms with Gasteiger partial charge >= 0.3 is 0 Å². The lowest BCUT2D eigenvalue weighted by Crippen LogP contribution is -2.41. The number of aryl methyl sites for hydroxylation is 1. The van der Waals surface area contributed by atoms with Gasteiger partial charge in [-0.25, -0.2) is 0 Å². The highest BCUT2D eigenvalue weighted by Gasteiger charge is 2.33. The molecule has 0 spiro atoms. The number of nitrogens with two attached hydrogens (primary N) is 1. The van der Waals surface area contributed by atoms with Crippen LogP contribution in [0.1, 0.15) is 32.3 Å². The van der Waals surface area contributed by atoms with Crippen LogP contribution in [0.2, 0.25) is 0 Å². The molecule has 7 heteroatoms. The van der Waals surface area contributed by atoms with Crippen molar-refractivity contribution in [1.29, 1.82) is 0 Å². The van der Waals surface area contributed by atoms with Gasteiger partial charge in [-0.2, -0.15) is 0 Å². The predicted molar refractivity (Wildman–Crippen MR) is 111 cm³/mol. The Kier molecular flexibility index (Phi) is 10.2. The molecule has 144 valence electrons. The van der Waals surface area contributed by atoms with Crippen LogP contribution in [0.15, 0.2) is 42.7 Å². The lowest BCUT2D eigenvalue weighted by molar-refractivity contribution is -0.125. The number of ether oxygens (including phenoxy) is 1. The Hall–Kier alpha value is -1.82. The van der Waals surface area contributed by atoms with Crippen molar-refractivity contribution < 1.29 is 9.53 Å². The highest BCUT2D eigenvalue weighted by molar-refractivity contribution is 5.95. The molecule has 26 heavy (non-hydrogen) atoms. The molecule has 0 atom stereocenters. The number of aromatic nitrogens is 1. The third-order valence-corrected chi connectivity index (χ3v) is 4.52. The quantitative estimate of drug-likeness (QED) is 0.705. The normalized spacial score (nSPS) is 10.3. The summed E-state index contributed by atoms with van der Waals surface area (Å²) in [7, 11) is 0. The molecule has 5 nitrogen and oxygen atoms in total. The van der Waals surface area contributed by atoms with Crippen LogP contribution in [0, 0.1) is 12.3 Å². The molecule has 1 heterocycles. The van der Waals surface area contributed by atoms with E-state index in [1.54, 1.807) is 12.4 Å². The number of nitrogens with one attached hydrogen (secondary N) is 1. The molecule has 0 bridgehead atoms. The Morgan fingerprint density at radius 3 is 2.42 bits per heavy atom. The summed E-state index contributed by atoms with van der Waals surface area (Å²) in [6.45, 7) is 6.27. The average Bonchev–Trinajstić information content (AvgIpc) is 2.60. The molecule has 1 amide bonds. The average molecular weight is 400 g/mol. The third kappa shape index (κ3) is 5.59. The molecule has 0 aliphatic heterocycles. The first-order valence-corrected chi connectivity index (χ1v) is 8.24. The molecule has 0 unspecified atom stereocenters. The maximum atomic E-state index is 12.6. The lowest BCUT2D eigenvalue weighted by atomic mass is 9.81. The number of hydrogen-bond donors (Lipinski definition) is 2. The molecule has 2 aromatic rings. The number of nitrogens with zero attached hydrogens (tertiary/aromatic N) is 1. The highest BCUT2D eigenvalue weighted by atomic mass is 35.5. The zero-order valence-electron chi connectivity index (χ0n) is 15.3. The van der Waals surface area contributed by atoms with Crippen molar-refractivity contribution in [2.45, 2.75) is 33.6 Å². The largest absolute Gasteiger partial charge is 0.455 e. The SMILES string of the molecule is CCC(CC)(CN)C(=O)Nc1ccc(Oc2cccnc2)c(C)c1.Cl.Cl. The summed E-state index contributed by atoms with van der Waals surface area (Å²) in [5, 5.41) is 2.98. The van der Waals surface area contributed by atoms with Crippen LogP contribution in [-0.2, 0) is 4.79 Å². The standard InChI is InChI=1S/C19H25N3O2.2ClH/c1-4-19(5-2,13-20)18(23)22-15-8-9-17(14(3)11-15)24-16-7-6-10-21-12-16;;/h6-12H,4-5,13,20H2,1-3H3,(H,22,23);2*1H. The first kappa shape index (κ1) is 24.2. The van der Waals surface area contributed by atoms with Gasteiger partial charge in [-0.3, -0.25) is 9.78 Å². The van der Waals surface area contributed by atoms with Gasteiger partial charge in [-0.1, -0.05) is 13.8 Å². The Labute approximate surface area is 167 Å². The fourth-order valence-electron chi connectivity index (χ4n) is 2.59. The second-order valence-electron chi connectivity index (χ2n) is 5.92. The van der Waals surface area contributed by atoms with E-state index in [9.17, 15) is 4.79 Å². The molecule has 2 rings (SSSR count). The number of rotatable bonds is 7. The summed E-state index contributed by atoms with van der Waals surface area (Å²) in [5.74, 6) is 1.38. The fourth-order valence-corrected chi connectivity index (χ4v) is 2.59. The minimum absolute atomic E-state index is 0. The summed E-state index contributed by atoms with van der Waals surface area (Å²) in [4.78, 5) is 16.6. The topological polar surface area (TPSA) is 77.2 Å². The van der Waals surface area contributed by atoms with Crippen LogP contribution in [0.25, 0.3) is 0 Å². The van der Waals surface area contributed by atoms with Crippen molar-refractivity contribution >= 4 is 36.4 Å². The van der Waals surface area contributed by atoms with E-state index >= 15 is 0 Å². The Morgan fingerprint density at radius 1 is 1.23 bits per heavy atom. The number of carbonyl (C=O) groups excluding carboxylic acids is 1. The number of hydrogen-bond acceptors (Lipinski definition) is 4. The van der Waals surface area contributed by atoms with Crippen molar-refractivity contribution in [2.24, 2.45) is 11.1 Å². The summed E-state index contributed by atoms with van der Waals surface area (Å²) in [5.41, 5.74) is 7.00. The van der Waals surface area contributed by atoms with Gasteiger partial charge in [0, 0.05) is 18.4 Å². The number of carbonyl (C=O) groups is 1. The number of benzene rings is 1. The molecule has 1 aromatic carbocycles. The van der Waals surface area contributed by atoms with Gasteiger partial charge < -0.3 is 15.8 Å². The van der Waals surface area contributed by atoms with Gasteiger partial charge in [-0.05, 0) is 55.7 Å². The summed E-state index contributed by atoms with van der Waals surface area (Å²) in [6, 6.07) is 9.25. The number of pyridine rings is 1. The molecule has 1 aromatic heterocycles. The smallest absolute Gasteiger partial charge is 0.231 e. The van der Waals surface area contributed by atoms with E-state index in [-0.39, 0.29) is 30.7 Å². The van der Waals surface area contributed by atoms with Gasteiger partial charge in [0.05, 0.1) is 11.6 Å². The molecular weight excluding hydrogens is 373 g/mol. The van der Waals surface area contributed by atoms with E-state index in [2.05, 4.69) is 10.3 Å². The molecule has 0 saturated heterocycles. The Morgan fingerprint density at radius 2 is 1.92 bits per heavy atom. The minimum atomic E-state index is -0.515. The van der Waals surface area contributed by atoms with Gasteiger partial charge in [0.1, 0.15) is 11.5 Å². The molecular formula is C19H27Cl2N3O2. The lowest BCUT2D eigenvalue weighted by Gasteiger charge is -2.28. The number of amides is 1. The Balaban J connectivity index is 0.00000312. The number of anilines is 1. The van der Waals surface area contributed by atoms with Gasteiger partial charge in [-0.15, -0.1) is 24.8 Å². The maximum absolute atomic E-state index is 12.6. The van der Waals surface area contributed by atoms with Crippen molar-refractivity contribution in [3.8, 4) is 11.5 Å². The van der Waals surface area contributed by atoms with Crippen molar-refractivity contribution in [2.75, 3.05) is 11.9 Å². The third-order valence-electron chi connectivity index (χ3n) is 4.52. The minimum Gasteiger partial charge on any atom is -0.455 e. The zero-order chi connectivity index (χ0) is 17.6.